The van der Waals surface area contributed by atoms with Crippen molar-refractivity contribution in [3.63, 3.8) is 0 Å². The highest BCUT2D eigenvalue weighted by Crippen LogP contribution is 2.66. The van der Waals surface area contributed by atoms with Crippen molar-refractivity contribution in [1.29, 1.82) is 0 Å². The molecule has 2 fully saturated rings. The van der Waals surface area contributed by atoms with Crippen molar-refractivity contribution in [3.8, 4) is 0 Å². The molecule has 0 bridgehead atoms. The van der Waals surface area contributed by atoms with E-state index in [-0.39, 0.29) is 0 Å². The molecule has 1 aromatic carbocycles. The van der Waals surface area contributed by atoms with Gasteiger partial charge in [0.1, 0.15) is 5.60 Å². The quantitative estimate of drug-likeness (QED) is 0.589. The van der Waals surface area contributed by atoms with Gasteiger partial charge < -0.3 is 4.52 Å². The Hall–Kier alpha value is -0.400. The molecule has 16 heavy (non-hydrogen) atoms. The van der Waals surface area contributed by atoms with Crippen LogP contribution in [0.2, 0.25) is 0 Å². The molecule has 2 nitrogen and oxygen atoms in total. The van der Waals surface area contributed by atoms with Gasteiger partial charge in [0, 0.05) is 6.54 Å². The van der Waals surface area contributed by atoms with Crippen molar-refractivity contribution in [2.75, 3.05) is 6.54 Å². The van der Waals surface area contributed by atoms with Crippen LogP contribution in [0, 0.1) is 0 Å². The number of hydrogen-bond acceptors (Lipinski definition) is 2. The third kappa shape index (κ3) is 1.31. The van der Waals surface area contributed by atoms with E-state index in [9.17, 15) is 0 Å². The number of rotatable bonds is 2. The molecule has 0 radical (unpaired) electrons. The monoisotopic (exact) mass is 253 g/mol. The first kappa shape index (κ1) is 10.7. The molecule has 2 aliphatic heterocycles. The van der Waals surface area contributed by atoms with E-state index in [1.807, 2.05) is 24.3 Å². The normalized spacial score (nSPS) is 37.8. The van der Waals surface area contributed by atoms with Gasteiger partial charge in [-0.15, -0.1) is 0 Å². The van der Waals surface area contributed by atoms with Gasteiger partial charge >= 0.3 is 0 Å². The Morgan fingerprint density at radius 3 is 2.75 bits per heavy atom. The minimum absolute atomic E-state index is 0.371. The van der Waals surface area contributed by atoms with Gasteiger partial charge in [0.25, 0.3) is 0 Å². The first-order valence-corrected chi connectivity index (χ1v) is 7.50. The molecule has 2 saturated heterocycles. The van der Waals surface area contributed by atoms with Gasteiger partial charge in [-0.1, -0.05) is 43.0 Å². The fourth-order valence-electron chi connectivity index (χ4n) is 2.47. The summed E-state index contributed by atoms with van der Waals surface area (Å²) >= 11 is 6.24. The molecule has 84 valence electrons. The standard InChI is InChI=1S/C12H13ClNOP/c1-2-12(10-6-4-3-5-7-10)11-8-9-14(11)16(13)15-12/h2-7,11H,1,8-9H2/t11-,12+,16?/m0/s1. The van der Waals surface area contributed by atoms with E-state index in [0.717, 1.165) is 18.5 Å². The minimum Gasteiger partial charge on any atom is -0.314 e. The fraction of sp³-hybridized carbons (Fsp3) is 0.333. The van der Waals surface area contributed by atoms with Crippen LogP contribution in [0.4, 0.5) is 0 Å². The van der Waals surface area contributed by atoms with Crippen molar-refractivity contribution in [2.45, 2.75) is 18.1 Å². The van der Waals surface area contributed by atoms with Crippen molar-refractivity contribution in [2.24, 2.45) is 0 Å². The van der Waals surface area contributed by atoms with E-state index in [0.29, 0.717) is 6.04 Å². The molecule has 3 atom stereocenters. The van der Waals surface area contributed by atoms with Gasteiger partial charge in [0.2, 0.25) is 7.65 Å². The Labute approximate surface area is 102 Å². The van der Waals surface area contributed by atoms with E-state index in [1.54, 1.807) is 0 Å². The van der Waals surface area contributed by atoms with Gasteiger partial charge in [-0.25, -0.2) is 4.67 Å². The van der Waals surface area contributed by atoms with Crippen LogP contribution in [-0.2, 0) is 10.1 Å². The van der Waals surface area contributed by atoms with Crippen LogP contribution in [-0.4, -0.2) is 17.3 Å². The summed E-state index contributed by atoms with van der Waals surface area (Å²) in [5, 5.41) is 0. The van der Waals surface area contributed by atoms with Crippen LogP contribution in [0.3, 0.4) is 0 Å². The zero-order valence-electron chi connectivity index (χ0n) is 8.84. The van der Waals surface area contributed by atoms with Gasteiger partial charge in [0.15, 0.2) is 0 Å². The molecular formula is C12H13ClNOP. The van der Waals surface area contributed by atoms with E-state index < -0.39 is 13.3 Å². The van der Waals surface area contributed by atoms with Crippen molar-refractivity contribution < 1.29 is 4.52 Å². The molecular weight excluding hydrogens is 241 g/mol. The van der Waals surface area contributed by atoms with Gasteiger partial charge in [-0.3, -0.25) is 0 Å². The molecule has 0 aromatic heterocycles. The average molecular weight is 254 g/mol. The first-order valence-electron chi connectivity index (χ1n) is 5.38. The molecule has 0 spiro atoms. The minimum atomic E-state index is -0.962. The summed E-state index contributed by atoms with van der Waals surface area (Å²) in [7, 11) is -0.962. The molecule has 4 heteroatoms. The summed E-state index contributed by atoms with van der Waals surface area (Å²) < 4.78 is 8.25. The zero-order chi connectivity index (χ0) is 11.2. The summed E-state index contributed by atoms with van der Waals surface area (Å²) in [6.45, 7) is 4.99. The van der Waals surface area contributed by atoms with Gasteiger partial charge in [-0.05, 0) is 23.2 Å². The third-order valence-electron chi connectivity index (χ3n) is 3.44. The maximum Gasteiger partial charge on any atom is 0.208 e. The summed E-state index contributed by atoms with van der Waals surface area (Å²) in [6.07, 6.45) is 3.04. The van der Waals surface area contributed by atoms with Crippen LogP contribution < -0.4 is 0 Å². The molecule has 1 aromatic rings. The molecule has 2 aliphatic rings. The Bertz CT molecular complexity index is 413. The largest absolute Gasteiger partial charge is 0.314 e. The van der Waals surface area contributed by atoms with Crippen LogP contribution >= 0.6 is 18.9 Å². The summed E-state index contributed by atoms with van der Waals surface area (Å²) in [4.78, 5) is 0. The summed E-state index contributed by atoms with van der Waals surface area (Å²) in [5.41, 5.74) is 0.762. The lowest BCUT2D eigenvalue weighted by Crippen LogP contribution is -2.50. The topological polar surface area (TPSA) is 12.5 Å². The smallest absolute Gasteiger partial charge is 0.208 e. The number of hydrogen-bond donors (Lipinski definition) is 0. The summed E-state index contributed by atoms with van der Waals surface area (Å²) in [5.74, 6) is 0. The average Bonchev–Trinajstić information content (AvgIpc) is 2.46. The number of fused-ring (bicyclic) bond motifs is 1. The predicted molar refractivity (Wildman–Crippen MR) is 67.3 cm³/mol. The van der Waals surface area contributed by atoms with Crippen molar-refractivity contribution in [3.05, 3.63) is 48.6 Å². The molecule has 0 N–H and O–H groups in total. The second kappa shape index (κ2) is 3.82. The van der Waals surface area contributed by atoms with Crippen molar-refractivity contribution >= 4 is 18.9 Å². The third-order valence-corrected chi connectivity index (χ3v) is 5.57. The lowest BCUT2D eigenvalue weighted by molar-refractivity contribution is 0.0680. The predicted octanol–water partition coefficient (Wildman–Crippen LogP) is 3.64. The molecule has 2 heterocycles. The number of nitrogens with zero attached hydrogens (tertiary/aromatic N) is 1. The summed E-state index contributed by atoms with van der Waals surface area (Å²) in [6, 6.07) is 10.6. The SMILES string of the molecule is C=C[C@]1(c2ccccc2)OP(Cl)N2CC[C@H]21. The Balaban J connectivity index is 2.04. The van der Waals surface area contributed by atoms with E-state index in [4.69, 9.17) is 15.8 Å². The van der Waals surface area contributed by atoms with E-state index in [1.165, 1.54) is 0 Å². The molecule has 0 saturated carbocycles. The Morgan fingerprint density at radius 1 is 1.50 bits per heavy atom. The Kier molecular flexibility index (Phi) is 2.56. The number of halogens is 1. The maximum absolute atomic E-state index is 6.24. The fourth-order valence-corrected chi connectivity index (χ4v) is 4.79. The second-order valence-corrected chi connectivity index (χ2v) is 6.16. The highest BCUT2D eigenvalue weighted by atomic mass is 35.7. The van der Waals surface area contributed by atoms with Gasteiger partial charge in [0.05, 0.1) is 6.04 Å². The lowest BCUT2D eigenvalue weighted by atomic mass is 9.81. The van der Waals surface area contributed by atoms with Crippen LogP contribution in [0.5, 0.6) is 0 Å². The van der Waals surface area contributed by atoms with E-state index >= 15 is 0 Å². The number of benzene rings is 1. The maximum atomic E-state index is 6.24. The van der Waals surface area contributed by atoms with Crippen molar-refractivity contribution in [1.82, 2.24) is 4.67 Å². The van der Waals surface area contributed by atoms with Crippen LogP contribution in [0.1, 0.15) is 12.0 Å². The first-order chi connectivity index (χ1) is 7.78. The Morgan fingerprint density at radius 2 is 2.25 bits per heavy atom. The molecule has 1 unspecified atom stereocenters. The van der Waals surface area contributed by atoms with E-state index in [2.05, 4.69) is 23.4 Å². The molecule has 0 aliphatic carbocycles. The van der Waals surface area contributed by atoms with Crippen LogP contribution in [0.15, 0.2) is 43.0 Å². The molecule has 3 rings (SSSR count). The lowest BCUT2D eigenvalue weighted by Gasteiger charge is -2.40. The second-order valence-electron chi connectivity index (χ2n) is 4.15. The van der Waals surface area contributed by atoms with Crippen LogP contribution in [0.25, 0.3) is 0 Å². The molecule has 0 amide bonds. The zero-order valence-corrected chi connectivity index (χ0v) is 10.5. The highest BCUT2D eigenvalue weighted by Gasteiger charge is 2.57. The highest BCUT2D eigenvalue weighted by molar-refractivity contribution is 7.78. The van der Waals surface area contributed by atoms with Gasteiger partial charge in [-0.2, -0.15) is 0 Å².